The molecule has 0 bridgehead atoms. The van der Waals surface area contributed by atoms with Gasteiger partial charge in [0.15, 0.2) is 23.2 Å². The van der Waals surface area contributed by atoms with Crippen molar-refractivity contribution in [2.24, 2.45) is 0 Å². The van der Waals surface area contributed by atoms with Crippen molar-refractivity contribution in [2.45, 2.75) is 32.0 Å². The summed E-state index contributed by atoms with van der Waals surface area (Å²) in [5, 5.41) is 11.3. The molecule has 2 unspecified atom stereocenters. The number of hydrogen-bond acceptors (Lipinski definition) is 6. The van der Waals surface area contributed by atoms with Crippen LogP contribution in [0.15, 0.2) is 54.6 Å². The maximum Gasteiger partial charge on any atom is 0.305 e. The van der Waals surface area contributed by atoms with Crippen LogP contribution in [0.5, 0.6) is 5.75 Å². The molecule has 0 aliphatic carbocycles. The van der Waals surface area contributed by atoms with E-state index in [0.717, 1.165) is 5.56 Å². The van der Waals surface area contributed by atoms with Crippen LogP contribution in [-0.4, -0.2) is 76.8 Å². The Morgan fingerprint density at radius 2 is 1.62 bits per heavy atom. The second kappa shape index (κ2) is 14.3. The fourth-order valence-electron chi connectivity index (χ4n) is 4.88. The molecule has 0 spiro atoms. The smallest absolute Gasteiger partial charge is 0.305 e. The minimum atomic E-state index is -1.90. The zero-order valence-electron chi connectivity index (χ0n) is 23.9. The molecule has 2 atom stereocenters. The number of amides is 2. The van der Waals surface area contributed by atoms with Gasteiger partial charge in [0.05, 0.1) is 19.0 Å². The zero-order valence-corrected chi connectivity index (χ0v) is 23.9. The van der Waals surface area contributed by atoms with Crippen LogP contribution in [0.4, 0.5) is 22.0 Å². The number of hydrogen-bond donors (Lipinski definition) is 2. The van der Waals surface area contributed by atoms with E-state index >= 15 is 0 Å². The Kier molecular flexibility index (Phi) is 10.5. The van der Waals surface area contributed by atoms with Crippen LogP contribution in [0, 0.1) is 29.1 Å². The minimum Gasteiger partial charge on any atom is -0.481 e. The fourth-order valence-corrected chi connectivity index (χ4v) is 4.88. The number of piperazine rings is 1. The maximum atomic E-state index is 14.4. The maximum absolute atomic E-state index is 14.4. The highest BCUT2D eigenvalue weighted by atomic mass is 19.2. The fraction of sp³-hybridized carbons (Fsp3) is 0.290. The molecule has 0 aromatic heterocycles. The number of carbonyl (C=O) groups excluding carboxylic acids is 3. The Morgan fingerprint density at radius 1 is 0.956 bits per heavy atom. The number of rotatable bonds is 12. The molecule has 1 aliphatic heterocycles. The number of benzene rings is 3. The Labute approximate surface area is 254 Å². The van der Waals surface area contributed by atoms with Gasteiger partial charge in [-0.2, -0.15) is 8.78 Å². The van der Waals surface area contributed by atoms with E-state index in [2.05, 4.69) is 10.1 Å². The SMILES string of the molecule is CC1C(=O)N(CC(=O)NC(CC(=O)O)C(=O)COc2c(F)c(F)cc(F)c2F)CCN1Cc1cc(F)cc(-c2ccccc2)c1. The highest BCUT2D eigenvalue weighted by Crippen LogP contribution is 2.27. The van der Waals surface area contributed by atoms with E-state index in [1.54, 1.807) is 6.92 Å². The largest absolute Gasteiger partial charge is 0.481 e. The molecule has 1 aliphatic rings. The van der Waals surface area contributed by atoms with E-state index in [9.17, 15) is 46.2 Å². The number of nitrogens with one attached hydrogen (secondary N) is 1. The molecule has 0 radical (unpaired) electrons. The third-order valence-corrected chi connectivity index (χ3v) is 7.19. The summed E-state index contributed by atoms with van der Waals surface area (Å²) in [5.41, 5.74) is 2.14. The van der Waals surface area contributed by atoms with E-state index in [-0.39, 0.29) is 19.2 Å². The molecule has 9 nitrogen and oxygen atoms in total. The van der Waals surface area contributed by atoms with Gasteiger partial charge in [0.1, 0.15) is 18.5 Å². The topological polar surface area (TPSA) is 116 Å². The molecular formula is C31H28F5N3O6. The molecule has 45 heavy (non-hydrogen) atoms. The number of aliphatic carboxylic acids is 1. The lowest BCUT2D eigenvalue weighted by Crippen LogP contribution is -2.58. The second-order valence-electron chi connectivity index (χ2n) is 10.4. The van der Waals surface area contributed by atoms with Gasteiger partial charge in [0.2, 0.25) is 23.4 Å². The molecule has 2 amide bonds. The van der Waals surface area contributed by atoms with Crippen molar-refractivity contribution in [2.75, 3.05) is 26.2 Å². The number of halogens is 5. The van der Waals surface area contributed by atoms with Crippen molar-refractivity contribution in [1.29, 1.82) is 0 Å². The summed E-state index contributed by atoms with van der Waals surface area (Å²) in [6.45, 7) is 0.487. The van der Waals surface area contributed by atoms with Crippen LogP contribution in [-0.2, 0) is 25.7 Å². The molecule has 1 saturated heterocycles. The molecule has 1 heterocycles. The second-order valence-corrected chi connectivity index (χ2v) is 10.4. The predicted molar refractivity (Wildman–Crippen MR) is 149 cm³/mol. The summed E-state index contributed by atoms with van der Waals surface area (Å²) < 4.78 is 73.6. The molecule has 0 saturated carbocycles. The first-order valence-electron chi connectivity index (χ1n) is 13.7. The third-order valence-electron chi connectivity index (χ3n) is 7.19. The van der Waals surface area contributed by atoms with E-state index in [0.29, 0.717) is 17.7 Å². The molecule has 3 aromatic carbocycles. The number of Topliss-reactive ketones (excluding diaryl/α,β-unsaturated/α-hetero) is 1. The van der Waals surface area contributed by atoms with Crippen LogP contribution in [0.1, 0.15) is 18.9 Å². The lowest BCUT2D eigenvalue weighted by molar-refractivity contribution is -0.145. The first-order chi connectivity index (χ1) is 21.3. The van der Waals surface area contributed by atoms with Crippen molar-refractivity contribution in [3.63, 3.8) is 0 Å². The quantitative estimate of drug-likeness (QED) is 0.231. The molecule has 238 valence electrons. The van der Waals surface area contributed by atoms with Crippen molar-refractivity contribution in [1.82, 2.24) is 15.1 Å². The van der Waals surface area contributed by atoms with Crippen molar-refractivity contribution in [3.8, 4) is 16.9 Å². The van der Waals surface area contributed by atoms with Crippen LogP contribution in [0.3, 0.4) is 0 Å². The zero-order chi connectivity index (χ0) is 32.8. The van der Waals surface area contributed by atoms with Crippen LogP contribution < -0.4 is 10.1 Å². The summed E-state index contributed by atoms with van der Waals surface area (Å²) in [6.07, 6.45) is -0.951. The van der Waals surface area contributed by atoms with Crippen LogP contribution in [0.25, 0.3) is 11.1 Å². The van der Waals surface area contributed by atoms with Crippen LogP contribution in [0.2, 0.25) is 0 Å². The molecule has 3 aromatic rings. The third kappa shape index (κ3) is 8.20. The highest BCUT2D eigenvalue weighted by Gasteiger charge is 2.34. The molecule has 2 N–H and O–H groups in total. The van der Waals surface area contributed by atoms with Gasteiger partial charge in [-0.05, 0) is 41.8 Å². The summed E-state index contributed by atoms with van der Waals surface area (Å²) in [4.78, 5) is 52.8. The number of ether oxygens (including phenoxy) is 1. The first kappa shape index (κ1) is 33.1. The number of carbonyl (C=O) groups is 4. The lowest BCUT2D eigenvalue weighted by Gasteiger charge is -2.39. The Morgan fingerprint density at radius 3 is 2.27 bits per heavy atom. The van der Waals surface area contributed by atoms with E-state index in [4.69, 9.17) is 0 Å². The Bertz CT molecular complexity index is 1580. The van der Waals surface area contributed by atoms with Gasteiger partial charge in [-0.25, -0.2) is 13.2 Å². The van der Waals surface area contributed by atoms with Gasteiger partial charge < -0.3 is 20.1 Å². The van der Waals surface area contributed by atoms with Crippen molar-refractivity contribution in [3.05, 3.63) is 89.2 Å². The van der Waals surface area contributed by atoms with E-state index in [1.807, 2.05) is 41.3 Å². The Hall–Kier alpha value is -4.85. The van der Waals surface area contributed by atoms with Gasteiger partial charge in [-0.1, -0.05) is 30.3 Å². The monoisotopic (exact) mass is 633 g/mol. The summed E-state index contributed by atoms with van der Waals surface area (Å²) in [7, 11) is 0. The average molecular weight is 634 g/mol. The normalized spacial score (nSPS) is 15.9. The van der Waals surface area contributed by atoms with Gasteiger partial charge in [0, 0.05) is 25.7 Å². The van der Waals surface area contributed by atoms with Crippen LogP contribution >= 0.6 is 0 Å². The molecule has 14 heteroatoms. The molecule has 4 rings (SSSR count). The number of nitrogens with zero attached hydrogens (tertiary/aromatic N) is 2. The number of carboxylic acid groups (broad SMARTS) is 1. The predicted octanol–water partition coefficient (Wildman–Crippen LogP) is 3.69. The number of ketones is 1. The van der Waals surface area contributed by atoms with E-state index in [1.165, 1.54) is 17.0 Å². The standard InChI is InChI=1S/C31H28F5N3O6/c1-17-31(44)39(8-7-38(17)14-18-9-20(11-21(32)10-18)19-5-3-2-4-6-19)15-26(41)37-24(13-27(42)43)25(40)16-45-30-28(35)22(33)12-23(34)29(30)36/h2-6,9-12,17,24H,7-8,13-16H2,1H3,(H,37,41)(H,42,43). The Balaban J connectivity index is 1.36. The summed E-state index contributed by atoms with van der Waals surface area (Å²) in [5.74, 6) is -13.4. The van der Waals surface area contributed by atoms with E-state index < -0.39 is 90.1 Å². The van der Waals surface area contributed by atoms with Gasteiger partial charge in [-0.15, -0.1) is 0 Å². The van der Waals surface area contributed by atoms with Gasteiger partial charge >= 0.3 is 5.97 Å². The average Bonchev–Trinajstić information content (AvgIpc) is 2.99. The number of carboxylic acids is 1. The minimum absolute atomic E-state index is 0.0575. The van der Waals surface area contributed by atoms with Crippen molar-refractivity contribution >= 4 is 23.6 Å². The summed E-state index contributed by atoms with van der Waals surface area (Å²) >= 11 is 0. The molecule has 1 fully saturated rings. The summed E-state index contributed by atoms with van der Waals surface area (Å²) in [6, 6.07) is 11.3. The van der Waals surface area contributed by atoms with Gasteiger partial charge in [0.25, 0.3) is 0 Å². The molecular weight excluding hydrogens is 605 g/mol. The first-order valence-corrected chi connectivity index (χ1v) is 13.7. The lowest BCUT2D eigenvalue weighted by atomic mass is 10.0. The van der Waals surface area contributed by atoms with Gasteiger partial charge in [-0.3, -0.25) is 24.1 Å². The highest BCUT2D eigenvalue weighted by molar-refractivity contribution is 5.94. The van der Waals surface area contributed by atoms with Crippen molar-refractivity contribution < 1.29 is 51.0 Å².